The van der Waals surface area contributed by atoms with E-state index in [0.717, 1.165) is 12.1 Å². The molecule has 1 atom stereocenters. The molecular weight excluding hydrogens is 246 g/mol. The molecule has 2 aromatic heterocycles. The van der Waals surface area contributed by atoms with Crippen molar-refractivity contribution < 1.29 is 14.4 Å². The van der Waals surface area contributed by atoms with E-state index in [-0.39, 0.29) is 23.2 Å². The van der Waals surface area contributed by atoms with Gasteiger partial charge in [0.05, 0.1) is 5.69 Å². The first-order valence-corrected chi connectivity index (χ1v) is 6.03. The largest absolute Gasteiger partial charge is 0.504 e. The zero-order valence-electron chi connectivity index (χ0n) is 10.8. The van der Waals surface area contributed by atoms with Gasteiger partial charge in [-0.1, -0.05) is 19.0 Å². The summed E-state index contributed by atoms with van der Waals surface area (Å²) < 4.78 is 4.99. The van der Waals surface area contributed by atoms with Crippen molar-refractivity contribution in [3.63, 3.8) is 0 Å². The molecule has 0 saturated heterocycles. The Morgan fingerprint density at radius 1 is 1.58 bits per heavy atom. The highest BCUT2D eigenvalue weighted by Gasteiger charge is 2.17. The number of carbonyl (C=O) groups is 1. The number of amides is 1. The minimum Gasteiger partial charge on any atom is -0.504 e. The van der Waals surface area contributed by atoms with Crippen molar-refractivity contribution in [1.82, 2.24) is 10.1 Å². The lowest BCUT2D eigenvalue weighted by Crippen LogP contribution is -2.12. The van der Waals surface area contributed by atoms with Gasteiger partial charge in [0.1, 0.15) is 0 Å². The Morgan fingerprint density at radius 3 is 3.05 bits per heavy atom. The van der Waals surface area contributed by atoms with Crippen LogP contribution in [-0.4, -0.2) is 21.2 Å². The number of hydrogen-bond donors (Lipinski definition) is 2. The lowest BCUT2D eigenvalue weighted by molar-refractivity contribution is 0.0987. The van der Waals surface area contributed by atoms with Crippen molar-refractivity contribution in [1.29, 1.82) is 0 Å². The summed E-state index contributed by atoms with van der Waals surface area (Å²) in [7, 11) is 0. The van der Waals surface area contributed by atoms with Crippen molar-refractivity contribution >= 4 is 11.7 Å². The SMILES string of the molecule is CC[C@@H](C)c1cc(C(=O)Nc2ncccc2O)on1. The molecule has 6 nitrogen and oxygen atoms in total. The Kier molecular flexibility index (Phi) is 3.79. The molecular formula is C13H15N3O3. The van der Waals surface area contributed by atoms with Gasteiger partial charge < -0.3 is 14.9 Å². The van der Waals surface area contributed by atoms with E-state index in [9.17, 15) is 9.90 Å². The molecule has 0 aromatic carbocycles. The summed E-state index contributed by atoms with van der Waals surface area (Å²) in [5.74, 6) is -0.170. The molecule has 0 unspecified atom stereocenters. The number of aromatic nitrogens is 2. The highest BCUT2D eigenvalue weighted by atomic mass is 16.5. The summed E-state index contributed by atoms with van der Waals surface area (Å²) in [6, 6.07) is 4.61. The maximum Gasteiger partial charge on any atom is 0.295 e. The third-order valence-electron chi connectivity index (χ3n) is 2.89. The number of hydrogen-bond acceptors (Lipinski definition) is 5. The van der Waals surface area contributed by atoms with Crippen molar-refractivity contribution in [3.05, 3.63) is 35.9 Å². The van der Waals surface area contributed by atoms with Gasteiger partial charge in [0, 0.05) is 18.2 Å². The van der Waals surface area contributed by atoms with Crippen LogP contribution >= 0.6 is 0 Å². The van der Waals surface area contributed by atoms with Gasteiger partial charge in [-0.25, -0.2) is 4.98 Å². The molecule has 0 radical (unpaired) electrons. The third-order valence-corrected chi connectivity index (χ3v) is 2.89. The number of rotatable bonds is 4. The van der Waals surface area contributed by atoms with Crippen LogP contribution in [0.4, 0.5) is 5.82 Å². The summed E-state index contributed by atoms with van der Waals surface area (Å²) in [6.45, 7) is 4.04. The number of carbonyl (C=O) groups excluding carboxylic acids is 1. The van der Waals surface area contributed by atoms with Crippen LogP contribution in [0.25, 0.3) is 0 Å². The molecule has 2 N–H and O–H groups in total. The van der Waals surface area contributed by atoms with Gasteiger partial charge >= 0.3 is 0 Å². The number of nitrogens with one attached hydrogen (secondary N) is 1. The van der Waals surface area contributed by atoms with Crippen LogP contribution in [0.5, 0.6) is 5.75 Å². The van der Waals surface area contributed by atoms with Crippen LogP contribution < -0.4 is 5.32 Å². The Hall–Kier alpha value is -2.37. The Bertz CT molecular complexity index is 580. The van der Waals surface area contributed by atoms with Crippen molar-refractivity contribution in [2.75, 3.05) is 5.32 Å². The molecule has 0 bridgehead atoms. The molecule has 0 fully saturated rings. The summed E-state index contributed by atoms with van der Waals surface area (Å²) >= 11 is 0. The lowest BCUT2D eigenvalue weighted by Gasteiger charge is -2.03. The van der Waals surface area contributed by atoms with E-state index in [0.29, 0.717) is 0 Å². The number of aromatic hydroxyl groups is 1. The smallest absolute Gasteiger partial charge is 0.295 e. The van der Waals surface area contributed by atoms with Crippen molar-refractivity contribution in [2.24, 2.45) is 0 Å². The van der Waals surface area contributed by atoms with Crippen LogP contribution in [0.1, 0.15) is 42.4 Å². The summed E-state index contributed by atoms with van der Waals surface area (Å²) in [6.07, 6.45) is 2.38. The second-order valence-corrected chi connectivity index (χ2v) is 4.25. The standard InChI is InChI=1S/C13H15N3O3/c1-3-8(2)9-7-11(19-16-9)13(18)15-12-10(17)5-4-6-14-12/h4-8,17H,3H2,1-2H3,(H,14,15,18)/t8-/m1/s1. The van der Waals surface area contributed by atoms with Gasteiger partial charge in [-0.15, -0.1) is 0 Å². The fraction of sp³-hybridized carbons (Fsp3) is 0.308. The molecule has 0 spiro atoms. The number of anilines is 1. The minimum absolute atomic E-state index is 0.0917. The monoisotopic (exact) mass is 261 g/mol. The zero-order chi connectivity index (χ0) is 13.8. The topological polar surface area (TPSA) is 88.2 Å². The first-order valence-electron chi connectivity index (χ1n) is 6.03. The predicted octanol–water partition coefficient (Wildman–Crippen LogP) is 2.54. The van der Waals surface area contributed by atoms with E-state index in [1.165, 1.54) is 12.3 Å². The molecule has 2 heterocycles. The van der Waals surface area contributed by atoms with Gasteiger partial charge in [0.15, 0.2) is 11.6 Å². The van der Waals surface area contributed by atoms with E-state index in [1.54, 1.807) is 12.1 Å². The average molecular weight is 261 g/mol. The van der Waals surface area contributed by atoms with E-state index in [4.69, 9.17) is 4.52 Å². The second kappa shape index (κ2) is 5.51. The first-order chi connectivity index (χ1) is 9.11. The molecule has 2 aromatic rings. The minimum atomic E-state index is -0.490. The molecule has 19 heavy (non-hydrogen) atoms. The molecule has 0 aliphatic carbocycles. The second-order valence-electron chi connectivity index (χ2n) is 4.25. The summed E-state index contributed by atoms with van der Waals surface area (Å²) in [4.78, 5) is 15.8. The number of pyridine rings is 1. The van der Waals surface area contributed by atoms with Crippen LogP contribution in [0.15, 0.2) is 28.9 Å². The maximum atomic E-state index is 11.9. The summed E-state index contributed by atoms with van der Waals surface area (Å²) in [5.41, 5.74) is 0.734. The third kappa shape index (κ3) is 2.90. The molecule has 1 amide bonds. The van der Waals surface area contributed by atoms with Crippen molar-refractivity contribution in [3.8, 4) is 5.75 Å². The molecule has 100 valence electrons. The van der Waals surface area contributed by atoms with Gasteiger partial charge in [-0.05, 0) is 18.6 Å². The Labute approximate surface area is 110 Å². The maximum absolute atomic E-state index is 11.9. The molecule has 0 saturated carbocycles. The van der Waals surface area contributed by atoms with Crippen molar-refractivity contribution in [2.45, 2.75) is 26.2 Å². The number of nitrogens with zero attached hydrogens (tertiary/aromatic N) is 2. The van der Waals surface area contributed by atoms with Gasteiger partial charge in [-0.2, -0.15) is 0 Å². The highest BCUT2D eigenvalue weighted by molar-refractivity contribution is 6.02. The average Bonchev–Trinajstić information content (AvgIpc) is 2.90. The quantitative estimate of drug-likeness (QED) is 0.882. The fourth-order valence-electron chi connectivity index (χ4n) is 1.50. The van der Waals surface area contributed by atoms with Crippen LogP contribution in [0.3, 0.4) is 0 Å². The fourth-order valence-corrected chi connectivity index (χ4v) is 1.50. The van der Waals surface area contributed by atoms with Crippen LogP contribution in [0, 0.1) is 0 Å². The molecule has 2 rings (SSSR count). The van der Waals surface area contributed by atoms with Gasteiger partial charge in [0.2, 0.25) is 5.76 Å². The molecule has 6 heteroatoms. The Morgan fingerprint density at radius 2 is 2.37 bits per heavy atom. The molecule has 0 aliphatic heterocycles. The van der Waals surface area contributed by atoms with E-state index in [1.807, 2.05) is 13.8 Å². The predicted molar refractivity (Wildman–Crippen MR) is 69.1 cm³/mol. The van der Waals surface area contributed by atoms with E-state index >= 15 is 0 Å². The van der Waals surface area contributed by atoms with Gasteiger partial charge in [-0.3, -0.25) is 4.79 Å². The van der Waals surface area contributed by atoms with E-state index in [2.05, 4.69) is 15.5 Å². The van der Waals surface area contributed by atoms with Crippen LogP contribution in [-0.2, 0) is 0 Å². The normalized spacial score (nSPS) is 12.1. The van der Waals surface area contributed by atoms with E-state index < -0.39 is 5.91 Å². The molecule has 0 aliphatic rings. The summed E-state index contributed by atoms with van der Waals surface area (Å²) in [5, 5.41) is 15.8. The Balaban J connectivity index is 2.12. The lowest BCUT2D eigenvalue weighted by atomic mass is 10.1. The zero-order valence-corrected chi connectivity index (χ0v) is 10.8. The first kappa shape index (κ1) is 13.1. The highest BCUT2D eigenvalue weighted by Crippen LogP contribution is 2.21. The van der Waals surface area contributed by atoms with Crippen LogP contribution in [0.2, 0.25) is 0 Å². The van der Waals surface area contributed by atoms with Gasteiger partial charge in [0.25, 0.3) is 5.91 Å².